The van der Waals surface area contributed by atoms with Crippen molar-refractivity contribution in [2.45, 2.75) is 18.2 Å². The largest absolute Gasteiger partial charge is 0.504 e. The van der Waals surface area contributed by atoms with E-state index in [0.29, 0.717) is 11.3 Å². The van der Waals surface area contributed by atoms with Crippen LogP contribution in [0.4, 0.5) is 5.69 Å². The number of aryl methyl sites for hydroxylation is 1. The number of anilines is 1. The predicted molar refractivity (Wildman–Crippen MR) is 127 cm³/mol. The number of sulfonamides is 1. The molecule has 1 amide bonds. The number of nitrogens with one attached hydrogen (secondary N) is 1. The first-order valence-electron chi connectivity index (χ1n) is 10.2. The van der Waals surface area contributed by atoms with Gasteiger partial charge in [0, 0.05) is 0 Å². The minimum absolute atomic E-state index is 0.0189. The topological polar surface area (TPSA) is 108 Å². The summed E-state index contributed by atoms with van der Waals surface area (Å²) in [5.74, 6) is -0.369. The van der Waals surface area contributed by atoms with E-state index in [-0.39, 0.29) is 16.4 Å². The SMILES string of the molecule is CCc1ccc(N(CC(=O)N/N=C\c2ccc(O)c(OC)c2)S(=O)(=O)c2ccccc2)cc1. The second-order valence-electron chi connectivity index (χ2n) is 7.07. The maximum Gasteiger partial charge on any atom is 0.264 e. The van der Waals surface area contributed by atoms with Crippen LogP contribution in [0.25, 0.3) is 0 Å². The van der Waals surface area contributed by atoms with E-state index in [1.54, 1.807) is 42.5 Å². The van der Waals surface area contributed by atoms with Gasteiger partial charge in [-0.3, -0.25) is 9.10 Å². The standard InChI is InChI=1S/C24H25N3O5S/c1-3-18-9-12-20(13-10-18)27(33(30,31)21-7-5-4-6-8-21)17-24(29)26-25-16-19-11-14-22(28)23(15-19)32-2/h4-16,28H,3,17H2,1-2H3,(H,26,29)/b25-16-. The lowest BCUT2D eigenvalue weighted by Crippen LogP contribution is -2.39. The predicted octanol–water partition coefficient (Wildman–Crippen LogP) is 3.31. The van der Waals surface area contributed by atoms with Gasteiger partial charge < -0.3 is 9.84 Å². The number of hydrazone groups is 1. The number of amides is 1. The van der Waals surface area contributed by atoms with Crippen molar-refractivity contribution >= 4 is 27.8 Å². The van der Waals surface area contributed by atoms with Crippen molar-refractivity contribution in [3.63, 3.8) is 0 Å². The zero-order valence-corrected chi connectivity index (χ0v) is 19.1. The van der Waals surface area contributed by atoms with Gasteiger partial charge in [0.15, 0.2) is 11.5 Å². The molecule has 0 atom stereocenters. The van der Waals surface area contributed by atoms with E-state index in [0.717, 1.165) is 16.3 Å². The molecule has 2 N–H and O–H groups in total. The monoisotopic (exact) mass is 467 g/mol. The molecule has 0 radical (unpaired) electrons. The summed E-state index contributed by atoms with van der Waals surface area (Å²) in [5, 5.41) is 13.5. The number of phenolic OH excluding ortho intramolecular Hbond substituents is 1. The molecular formula is C24H25N3O5S. The number of hydrogen-bond donors (Lipinski definition) is 2. The van der Waals surface area contributed by atoms with Crippen molar-refractivity contribution in [3.05, 3.63) is 83.9 Å². The molecule has 3 rings (SSSR count). The molecule has 3 aromatic carbocycles. The molecule has 3 aromatic rings. The maximum atomic E-state index is 13.3. The molecule has 8 nitrogen and oxygen atoms in total. The fourth-order valence-electron chi connectivity index (χ4n) is 3.05. The molecule has 172 valence electrons. The number of benzene rings is 3. The van der Waals surface area contributed by atoms with Gasteiger partial charge in [0.2, 0.25) is 0 Å². The Morgan fingerprint density at radius 1 is 1.09 bits per heavy atom. The van der Waals surface area contributed by atoms with Gasteiger partial charge in [0.05, 0.1) is 23.9 Å². The van der Waals surface area contributed by atoms with Crippen LogP contribution in [-0.2, 0) is 21.2 Å². The Morgan fingerprint density at radius 2 is 1.79 bits per heavy atom. The molecule has 0 saturated carbocycles. The van der Waals surface area contributed by atoms with Crippen LogP contribution in [-0.4, -0.2) is 39.3 Å². The summed E-state index contributed by atoms with van der Waals surface area (Å²) < 4.78 is 32.7. The van der Waals surface area contributed by atoms with Gasteiger partial charge in [-0.25, -0.2) is 13.8 Å². The number of aromatic hydroxyl groups is 1. The zero-order valence-electron chi connectivity index (χ0n) is 18.3. The maximum absolute atomic E-state index is 13.3. The van der Waals surface area contributed by atoms with Crippen LogP contribution in [0.2, 0.25) is 0 Å². The Labute approximate surface area is 193 Å². The second-order valence-corrected chi connectivity index (χ2v) is 8.93. The normalized spacial score (nSPS) is 11.3. The third-order valence-corrected chi connectivity index (χ3v) is 6.65. The van der Waals surface area contributed by atoms with Crippen molar-refractivity contribution in [1.82, 2.24) is 5.43 Å². The van der Waals surface area contributed by atoms with Gasteiger partial charge in [0.25, 0.3) is 15.9 Å². The molecule has 0 unspecified atom stereocenters. The second kappa shape index (κ2) is 10.6. The van der Waals surface area contributed by atoms with Crippen LogP contribution in [0.1, 0.15) is 18.1 Å². The average molecular weight is 468 g/mol. The van der Waals surface area contributed by atoms with E-state index in [4.69, 9.17) is 4.74 Å². The third-order valence-electron chi connectivity index (χ3n) is 4.86. The van der Waals surface area contributed by atoms with E-state index in [2.05, 4.69) is 10.5 Å². The van der Waals surface area contributed by atoms with Gasteiger partial charge in [-0.05, 0) is 60.0 Å². The first kappa shape index (κ1) is 23.8. The highest BCUT2D eigenvalue weighted by atomic mass is 32.2. The fourth-order valence-corrected chi connectivity index (χ4v) is 4.49. The van der Waals surface area contributed by atoms with Crippen molar-refractivity contribution in [2.24, 2.45) is 5.10 Å². The lowest BCUT2D eigenvalue weighted by molar-refractivity contribution is -0.119. The van der Waals surface area contributed by atoms with Crippen molar-refractivity contribution in [3.8, 4) is 11.5 Å². The number of nitrogens with zero attached hydrogens (tertiary/aromatic N) is 2. The number of hydrogen-bond acceptors (Lipinski definition) is 6. The van der Waals surface area contributed by atoms with Crippen LogP contribution in [0.3, 0.4) is 0 Å². The van der Waals surface area contributed by atoms with Gasteiger partial charge in [-0.2, -0.15) is 5.10 Å². The summed E-state index contributed by atoms with van der Waals surface area (Å²) >= 11 is 0. The number of carbonyl (C=O) groups excluding carboxylic acids is 1. The smallest absolute Gasteiger partial charge is 0.264 e. The average Bonchev–Trinajstić information content (AvgIpc) is 2.84. The molecule has 0 bridgehead atoms. The summed E-state index contributed by atoms with van der Waals surface area (Å²) in [6.45, 7) is 1.54. The summed E-state index contributed by atoms with van der Waals surface area (Å²) in [7, 11) is -2.56. The van der Waals surface area contributed by atoms with Gasteiger partial charge >= 0.3 is 0 Å². The number of phenols is 1. The highest BCUT2D eigenvalue weighted by Gasteiger charge is 2.27. The third kappa shape index (κ3) is 5.89. The first-order chi connectivity index (χ1) is 15.8. The lowest BCUT2D eigenvalue weighted by Gasteiger charge is -2.24. The number of carbonyl (C=O) groups is 1. The molecule has 0 fully saturated rings. The van der Waals surface area contributed by atoms with E-state index in [1.165, 1.54) is 31.5 Å². The Hall–Kier alpha value is -3.85. The molecule has 0 aliphatic carbocycles. The Balaban J connectivity index is 1.81. The first-order valence-corrected chi connectivity index (χ1v) is 11.6. The van der Waals surface area contributed by atoms with Crippen LogP contribution in [0, 0.1) is 0 Å². The van der Waals surface area contributed by atoms with Crippen molar-refractivity contribution < 1.29 is 23.1 Å². The highest BCUT2D eigenvalue weighted by Crippen LogP contribution is 2.26. The Bertz CT molecular complexity index is 1230. The van der Waals surface area contributed by atoms with Crippen LogP contribution in [0.15, 0.2) is 82.8 Å². The fraction of sp³-hybridized carbons (Fsp3) is 0.167. The molecule has 9 heteroatoms. The quantitative estimate of drug-likeness (QED) is 0.371. The molecule has 0 aliphatic heterocycles. The van der Waals surface area contributed by atoms with Crippen LogP contribution < -0.4 is 14.5 Å². The molecule has 0 aromatic heterocycles. The van der Waals surface area contributed by atoms with Crippen molar-refractivity contribution in [1.29, 1.82) is 0 Å². The minimum Gasteiger partial charge on any atom is -0.504 e. The summed E-state index contributed by atoms with van der Waals surface area (Å²) in [4.78, 5) is 12.7. The summed E-state index contributed by atoms with van der Waals surface area (Å²) in [6.07, 6.45) is 2.18. The molecule has 0 saturated heterocycles. The van der Waals surface area contributed by atoms with E-state index in [1.807, 2.05) is 19.1 Å². The summed E-state index contributed by atoms with van der Waals surface area (Å²) in [6, 6.07) is 19.5. The summed E-state index contributed by atoms with van der Waals surface area (Å²) in [5.41, 5.74) is 4.35. The molecule has 0 aliphatic rings. The van der Waals surface area contributed by atoms with Gasteiger partial charge in [0.1, 0.15) is 6.54 Å². The zero-order chi connectivity index (χ0) is 23.8. The Morgan fingerprint density at radius 3 is 2.42 bits per heavy atom. The number of ether oxygens (including phenoxy) is 1. The Kier molecular flexibility index (Phi) is 7.68. The van der Waals surface area contributed by atoms with Crippen LogP contribution >= 0.6 is 0 Å². The highest BCUT2D eigenvalue weighted by molar-refractivity contribution is 7.92. The molecular weight excluding hydrogens is 442 g/mol. The lowest BCUT2D eigenvalue weighted by atomic mass is 10.1. The van der Waals surface area contributed by atoms with E-state index < -0.39 is 22.5 Å². The van der Waals surface area contributed by atoms with E-state index >= 15 is 0 Å². The van der Waals surface area contributed by atoms with Crippen LogP contribution in [0.5, 0.6) is 11.5 Å². The molecule has 0 spiro atoms. The van der Waals surface area contributed by atoms with Crippen molar-refractivity contribution in [2.75, 3.05) is 18.0 Å². The van der Waals surface area contributed by atoms with E-state index in [9.17, 15) is 18.3 Å². The van der Waals surface area contributed by atoms with Gasteiger partial charge in [-0.15, -0.1) is 0 Å². The number of methoxy groups -OCH3 is 1. The number of rotatable bonds is 9. The molecule has 0 heterocycles. The minimum atomic E-state index is -3.98. The molecule has 33 heavy (non-hydrogen) atoms. The van der Waals surface area contributed by atoms with Gasteiger partial charge in [-0.1, -0.05) is 37.3 Å².